The van der Waals surface area contributed by atoms with Crippen LogP contribution in [0.1, 0.15) is 65.2 Å². The van der Waals surface area contributed by atoms with Crippen molar-refractivity contribution in [2.75, 3.05) is 6.61 Å². The number of nitrogens with two attached hydrogens (primary N) is 1. The number of carbonyl (C=O) groups excluding carboxylic acids is 1. The van der Waals surface area contributed by atoms with E-state index in [2.05, 4.69) is 13.8 Å². The van der Waals surface area contributed by atoms with E-state index in [1.54, 1.807) is 0 Å². The quantitative estimate of drug-likeness (QED) is 0.717. The Morgan fingerprint density at radius 2 is 1.88 bits per heavy atom. The maximum absolute atomic E-state index is 12.1. The van der Waals surface area contributed by atoms with Gasteiger partial charge < -0.3 is 15.9 Å². The van der Waals surface area contributed by atoms with Gasteiger partial charge in [0, 0.05) is 6.42 Å². The summed E-state index contributed by atoms with van der Waals surface area (Å²) >= 11 is 0. The molecule has 140 valence electrons. The number of carbonyl (C=O) groups is 1. The van der Waals surface area contributed by atoms with E-state index in [0.717, 1.165) is 38.5 Å². The third-order valence-corrected chi connectivity index (χ3v) is 8.89. The fraction of sp³-hybridized carbons (Fsp3) is 0.857. The van der Waals surface area contributed by atoms with Gasteiger partial charge in [0.05, 0.1) is 18.4 Å². The molecule has 0 aromatic rings. The summed E-state index contributed by atoms with van der Waals surface area (Å²) in [5, 5.41) is 19.8. The molecule has 0 amide bonds. The molecule has 4 N–H and O–H groups in total. The molecule has 0 heterocycles. The highest BCUT2D eigenvalue weighted by Crippen LogP contribution is 2.67. The number of rotatable bonds is 2. The van der Waals surface area contributed by atoms with Crippen molar-refractivity contribution in [3.63, 3.8) is 0 Å². The lowest BCUT2D eigenvalue weighted by Crippen LogP contribution is -2.52. The predicted octanol–water partition coefficient (Wildman–Crippen LogP) is 2.77. The predicted molar refractivity (Wildman–Crippen MR) is 96.4 cm³/mol. The van der Waals surface area contributed by atoms with Gasteiger partial charge in [0.2, 0.25) is 0 Å². The molecular formula is C21H33NO3. The summed E-state index contributed by atoms with van der Waals surface area (Å²) in [6.45, 7) is 4.59. The van der Waals surface area contributed by atoms with Crippen LogP contribution in [0.2, 0.25) is 0 Å². The van der Waals surface area contributed by atoms with Gasteiger partial charge in [0.25, 0.3) is 0 Å². The lowest BCUT2D eigenvalue weighted by Gasteiger charge is -2.58. The molecule has 7 atom stereocenters. The Kier molecular flexibility index (Phi) is 4.08. The van der Waals surface area contributed by atoms with E-state index >= 15 is 0 Å². The molecule has 3 saturated carbocycles. The summed E-state index contributed by atoms with van der Waals surface area (Å²) in [7, 11) is 0. The third kappa shape index (κ3) is 2.29. The van der Waals surface area contributed by atoms with Gasteiger partial charge in [-0.2, -0.15) is 0 Å². The van der Waals surface area contributed by atoms with E-state index in [4.69, 9.17) is 5.73 Å². The maximum Gasteiger partial charge on any atom is 0.178 e. The number of hydrogen-bond acceptors (Lipinski definition) is 4. The van der Waals surface area contributed by atoms with Gasteiger partial charge in [-0.25, -0.2) is 0 Å². The molecule has 4 rings (SSSR count). The molecule has 0 spiro atoms. The minimum absolute atomic E-state index is 0.0932. The first-order valence-electron chi connectivity index (χ1n) is 10.1. The Hall–Kier alpha value is -0.870. The van der Waals surface area contributed by atoms with E-state index in [0.29, 0.717) is 29.9 Å². The summed E-state index contributed by atoms with van der Waals surface area (Å²) < 4.78 is 0. The standard InChI is InChI=1S/C21H33NO3/c1-20-9-7-14-12(13(20)5-6-15(20)18(25)11-23)3-4-16-19(22)17(24)8-10-21(14,16)2/h12-15,18,23,25H,3-11,22H2,1-2H3. The molecule has 0 aromatic heterocycles. The molecule has 4 nitrogen and oxygen atoms in total. The molecule has 25 heavy (non-hydrogen) atoms. The summed E-state index contributed by atoms with van der Waals surface area (Å²) in [6, 6.07) is 0. The minimum Gasteiger partial charge on any atom is -0.396 e. The SMILES string of the molecule is CC12CCC(=O)C(N)=C1CCC1C2CCC2(C)C(C(O)CO)CCC12. The average Bonchev–Trinajstić information content (AvgIpc) is 2.95. The second-order valence-corrected chi connectivity index (χ2v) is 9.63. The highest BCUT2D eigenvalue weighted by Gasteiger charge is 2.60. The van der Waals surface area contributed by atoms with Crippen molar-refractivity contribution in [3.8, 4) is 0 Å². The maximum atomic E-state index is 12.1. The monoisotopic (exact) mass is 347 g/mol. The molecule has 0 radical (unpaired) electrons. The van der Waals surface area contributed by atoms with Crippen molar-refractivity contribution < 1.29 is 15.0 Å². The fourth-order valence-electron chi connectivity index (χ4n) is 7.56. The summed E-state index contributed by atoms with van der Waals surface area (Å²) in [6.07, 6.45) is 7.56. The Labute approximate surface area is 150 Å². The van der Waals surface area contributed by atoms with Crippen LogP contribution in [-0.2, 0) is 4.79 Å². The van der Waals surface area contributed by atoms with Crippen LogP contribution in [0, 0.1) is 34.5 Å². The number of aliphatic hydroxyl groups excluding tert-OH is 2. The van der Waals surface area contributed by atoms with Gasteiger partial charge in [-0.15, -0.1) is 0 Å². The Morgan fingerprint density at radius 1 is 1.12 bits per heavy atom. The van der Waals surface area contributed by atoms with Crippen LogP contribution in [0.5, 0.6) is 0 Å². The van der Waals surface area contributed by atoms with Crippen molar-refractivity contribution in [2.45, 2.75) is 71.3 Å². The smallest absolute Gasteiger partial charge is 0.178 e. The molecule has 0 aliphatic heterocycles. The Morgan fingerprint density at radius 3 is 2.60 bits per heavy atom. The van der Waals surface area contributed by atoms with Crippen molar-refractivity contribution in [1.29, 1.82) is 0 Å². The van der Waals surface area contributed by atoms with Crippen LogP contribution in [0.15, 0.2) is 11.3 Å². The van der Waals surface area contributed by atoms with Gasteiger partial charge in [0.15, 0.2) is 5.78 Å². The Bertz CT molecular complexity index is 614. The van der Waals surface area contributed by atoms with Crippen molar-refractivity contribution in [1.82, 2.24) is 0 Å². The van der Waals surface area contributed by atoms with E-state index in [1.165, 1.54) is 12.0 Å². The molecule has 4 aliphatic carbocycles. The Balaban J connectivity index is 1.66. The van der Waals surface area contributed by atoms with Crippen LogP contribution < -0.4 is 5.73 Å². The third-order valence-electron chi connectivity index (χ3n) is 8.89. The fourth-order valence-corrected chi connectivity index (χ4v) is 7.56. The van der Waals surface area contributed by atoms with Crippen molar-refractivity contribution >= 4 is 5.78 Å². The topological polar surface area (TPSA) is 83.6 Å². The normalized spacial score (nSPS) is 47.9. The van der Waals surface area contributed by atoms with Gasteiger partial charge in [-0.05, 0) is 85.0 Å². The number of ketones is 1. The lowest BCUT2D eigenvalue weighted by molar-refractivity contribution is -0.119. The van der Waals surface area contributed by atoms with Gasteiger partial charge in [-0.1, -0.05) is 13.8 Å². The average molecular weight is 347 g/mol. The van der Waals surface area contributed by atoms with E-state index < -0.39 is 6.10 Å². The largest absolute Gasteiger partial charge is 0.396 e. The van der Waals surface area contributed by atoms with Crippen LogP contribution in [0.4, 0.5) is 0 Å². The number of allylic oxidation sites excluding steroid dienone is 1. The first-order valence-corrected chi connectivity index (χ1v) is 10.1. The molecule has 0 saturated heterocycles. The highest BCUT2D eigenvalue weighted by molar-refractivity contribution is 5.96. The van der Waals surface area contributed by atoms with Crippen LogP contribution >= 0.6 is 0 Å². The molecule has 7 unspecified atom stereocenters. The highest BCUT2D eigenvalue weighted by atomic mass is 16.3. The van der Waals surface area contributed by atoms with Gasteiger partial charge in [-0.3, -0.25) is 4.79 Å². The molecule has 0 aromatic carbocycles. The molecule has 0 bridgehead atoms. The van der Waals surface area contributed by atoms with Gasteiger partial charge in [0.1, 0.15) is 0 Å². The minimum atomic E-state index is -0.580. The second-order valence-electron chi connectivity index (χ2n) is 9.63. The summed E-state index contributed by atoms with van der Waals surface area (Å²) in [4.78, 5) is 12.1. The lowest BCUT2D eigenvalue weighted by atomic mass is 9.46. The van der Waals surface area contributed by atoms with Crippen LogP contribution in [0.25, 0.3) is 0 Å². The number of aliphatic hydroxyl groups is 2. The van der Waals surface area contributed by atoms with Crippen molar-refractivity contribution in [2.24, 2.45) is 40.2 Å². The second kappa shape index (κ2) is 5.82. The number of Topliss-reactive ketones (excluding diaryl/α,β-unsaturated/α-hetero) is 1. The summed E-state index contributed by atoms with van der Waals surface area (Å²) in [5.41, 5.74) is 8.28. The molecule has 4 aliphatic rings. The zero-order valence-electron chi connectivity index (χ0n) is 15.6. The van der Waals surface area contributed by atoms with Gasteiger partial charge >= 0.3 is 0 Å². The zero-order valence-corrected chi connectivity index (χ0v) is 15.6. The van der Waals surface area contributed by atoms with Crippen molar-refractivity contribution in [3.05, 3.63) is 11.3 Å². The summed E-state index contributed by atoms with van der Waals surface area (Å²) in [5.74, 6) is 2.30. The number of hydrogen-bond donors (Lipinski definition) is 3. The molecular weight excluding hydrogens is 314 g/mol. The first-order chi connectivity index (χ1) is 11.8. The van der Waals surface area contributed by atoms with Crippen LogP contribution in [0.3, 0.4) is 0 Å². The van der Waals surface area contributed by atoms with E-state index in [1.807, 2.05) is 0 Å². The molecule has 3 fully saturated rings. The van der Waals surface area contributed by atoms with E-state index in [-0.39, 0.29) is 29.1 Å². The zero-order chi connectivity index (χ0) is 18.0. The van der Waals surface area contributed by atoms with Crippen LogP contribution in [-0.4, -0.2) is 28.7 Å². The van der Waals surface area contributed by atoms with E-state index in [9.17, 15) is 15.0 Å². The number of fused-ring (bicyclic) bond motifs is 5. The first kappa shape index (κ1) is 17.5. The molecule has 4 heteroatoms.